The van der Waals surface area contributed by atoms with Crippen LogP contribution in [0.5, 0.6) is 0 Å². The summed E-state index contributed by atoms with van der Waals surface area (Å²) in [5.41, 5.74) is -0.793. The fourth-order valence-electron chi connectivity index (χ4n) is 4.04. The molecule has 0 N–H and O–H groups in total. The van der Waals surface area contributed by atoms with E-state index in [1.807, 2.05) is 12.2 Å². The van der Waals surface area contributed by atoms with Crippen LogP contribution in [0.3, 0.4) is 0 Å². The molecule has 2 bridgehead atoms. The first-order valence-corrected chi connectivity index (χ1v) is 9.38. The first-order chi connectivity index (χ1) is 11.7. The molecule has 24 heavy (non-hydrogen) atoms. The second-order valence-corrected chi connectivity index (χ2v) is 7.17. The van der Waals surface area contributed by atoms with Gasteiger partial charge in [0.1, 0.15) is 17.4 Å². The van der Waals surface area contributed by atoms with Crippen molar-refractivity contribution in [2.45, 2.75) is 70.0 Å². The van der Waals surface area contributed by atoms with Gasteiger partial charge in [-0.2, -0.15) is 0 Å². The predicted molar refractivity (Wildman–Crippen MR) is 88.3 cm³/mol. The lowest BCUT2D eigenvalue weighted by atomic mass is 9.77. The van der Waals surface area contributed by atoms with Crippen LogP contribution in [0.25, 0.3) is 0 Å². The van der Waals surface area contributed by atoms with E-state index < -0.39 is 29.4 Å². The van der Waals surface area contributed by atoms with E-state index in [0.29, 0.717) is 13.2 Å². The Morgan fingerprint density at radius 1 is 1.04 bits per heavy atom. The van der Waals surface area contributed by atoms with Crippen molar-refractivity contribution in [3.8, 4) is 0 Å². The Hall–Kier alpha value is -1.20. The number of unbranched alkanes of at least 4 members (excludes halogenated alkanes) is 7. The third-order valence-electron chi connectivity index (χ3n) is 5.36. The lowest BCUT2D eigenvalue weighted by Crippen LogP contribution is -2.42. The molecule has 3 heterocycles. The van der Waals surface area contributed by atoms with Gasteiger partial charge in [-0.05, 0) is 6.42 Å². The summed E-state index contributed by atoms with van der Waals surface area (Å²) in [6.07, 6.45) is 13.5. The lowest BCUT2D eigenvalue weighted by Gasteiger charge is -2.26. The Balaban J connectivity index is 1.33. The van der Waals surface area contributed by atoms with Gasteiger partial charge in [0.2, 0.25) is 0 Å². The molecule has 3 aliphatic rings. The van der Waals surface area contributed by atoms with Crippen LogP contribution in [0.15, 0.2) is 12.2 Å². The van der Waals surface area contributed by atoms with E-state index >= 15 is 0 Å². The number of rotatable bonds is 11. The van der Waals surface area contributed by atoms with Gasteiger partial charge in [-0.25, -0.2) is 0 Å². The van der Waals surface area contributed by atoms with Gasteiger partial charge in [0, 0.05) is 6.61 Å². The van der Waals surface area contributed by atoms with Crippen molar-refractivity contribution in [3.63, 3.8) is 0 Å². The Morgan fingerprint density at radius 2 is 1.75 bits per heavy atom. The standard InChI is InChI=1S/C19H28O5/c1-2-3-4-5-6-7-8-9-12-22-13-19-11-10-14(24-19)15-16(19)18(21)23-17(15)20/h10-11,14-16H,2-9,12-13H2,1H3/t14-,15?,16?,19-/m1/s1. The van der Waals surface area contributed by atoms with E-state index in [0.717, 1.165) is 6.42 Å². The number of carbonyl (C=O) groups excluding carboxylic acids is 2. The molecular formula is C19H28O5. The molecule has 2 saturated heterocycles. The molecule has 2 unspecified atom stereocenters. The molecule has 5 nitrogen and oxygen atoms in total. The molecule has 4 atom stereocenters. The first kappa shape index (κ1) is 17.6. The molecule has 0 amide bonds. The van der Waals surface area contributed by atoms with Crippen LogP contribution < -0.4 is 0 Å². The minimum Gasteiger partial charge on any atom is -0.393 e. The highest BCUT2D eigenvalue weighted by Crippen LogP contribution is 2.51. The summed E-state index contributed by atoms with van der Waals surface area (Å²) in [6, 6.07) is 0. The number of fused-ring (bicyclic) bond motifs is 5. The van der Waals surface area contributed by atoms with Crippen LogP contribution in [0, 0.1) is 11.8 Å². The summed E-state index contributed by atoms with van der Waals surface area (Å²) in [5.74, 6) is -1.93. The molecule has 2 fully saturated rings. The zero-order valence-electron chi connectivity index (χ0n) is 14.5. The van der Waals surface area contributed by atoms with Crippen LogP contribution in [0.2, 0.25) is 0 Å². The number of hydrogen-bond donors (Lipinski definition) is 0. The summed E-state index contributed by atoms with van der Waals surface area (Å²) < 4.78 is 16.5. The molecule has 0 spiro atoms. The Labute approximate surface area is 143 Å². The maximum Gasteiger partial charge on any atom is 0.320 e. The fourth-order valence-corrected chi connectivity index (χ4v) is 4.04. The minimum atomic E-state index is -0.793. The highest BCUT2D eigenvalue weighted by atomic mass is 16.6. The Kier molecular flexibility index (Phi) is 5.72. The van der Waals surface area contributed by atoms with Gasteiger partial charge in [0.15, 0.2) is 0 Å². The van der Waals surface area contributed by atoms with Crippen molar-refractivity contribution in [2.75, 3.05) is 13.2 Å². The Bertz CT molecular complexity index is 500. The summed E-state index contributed by atoms with van der Waals surface area (Å²) in [5, 5.41) is 0. The van der Waals surface area contributed by atoms with Crippen LogP contribution in [0.1, 0.15) is 58.3 Å². The topological polar surface area (TPSA) is 61.8 Å². The highest BCUT2D eigenvalue weighted by molar-refractivity contribution is 5.99. The maximum absolute atomic E-state index is 11.9. The number of carbonyl (C=O) groups is 2. The van der Waals surface area contributed by atoms with Crippen LogP contribution >= 0.6 is 0 Å². The molecule has 5 heteroatoms. The average molecular weight is 336 g/mol. The molecule has 0 saturated carbocycles. The van der Waals surface area contributed by atoms with Gasteiger partial charge in [-0.1, -0.05) is 64.0 Å². The van der Waals surface area contributed by atoms with Crippen LogP contribution in [-0.2, 0) is 23.8 Å². The van der Waals surface area contributed by atoms with Crippen LogP contribution in [0.4, 0.5) is 0 Å². The number of hydrogen-bond acceptors (Lipinski definition) is 5. The van der Waals surface area contributed by atoms with E-state index in [4.69, 9.17) is 14.2 Å². The largest absolute Gasteiger partial charge is 0.393 e. The lowest BCUT2D eigenvalue weighted by molar-refractivity contribution is -0.159. The predicted octanol–water partition coefficient (Wildman–Crippen LogP) is 3.17. The average Bonchev–Trinajstić information content (AvgIpc) is 3.21. The third-order valence-corrected chi connectivity index (χ3v) is 5.36. The smallest absolute Gasteiger partial charge is 0.320 e. The number of ether oxygens (including phenoxy) is 3. The quantitative estimate of drug-likeness (QED) is 0.251. The monoisotopic (exact) mass is 336 g/mol. The van der Waals surface area contributed by atoms with Gasteiger partial charge < -0.3 is 14.2 Å². The Morgan fingerprint density at radius 3 is 2.50 bits per heavy atom. The van der Waals surface area contributed by atoms with E-state index in [9.17, 15) is 9.59 Å². The normalized spacial score (nSPS) is 33.3. The number of esters is 2. The van der Waals surface area contributed by atoms with Gasteiger partial charge in [-0.3, -0.25) is 9.59 Å². The van der Waals surface area contributed by atoms with E-state index in [2.05, 4.69) is 6.92 Å². The van der Waals surface area contributed by atoms with Gasteiger partial charge >= 0.3 is 11.9 Å². The molecular weight excluding hydrogens is 308 g/mol. The van der Waals surface area contributed by atoms with Gasteiger partial charge in [0.25, 0.3) is 0 Å². The molecule has 0 aliphatic carbocycles. The number of cyclic esters (lactones) is 2. The van der Waals surface area contributed by atoms with E-state index in [-0.39, 0.29) is 6.10 Å². The van der Waals surface area contributed by atoms with Crippen molar-refractivity contribution in [3.05, 3.63) is 12.2 Å². The van der Waals surface area contributed by atoms with Crippen molar-refractivity contribution in [1.82, 2.24) is 0 Å². The minimum absolute atomic E-state index is 0.319. The molecule has 3 rings (SSSR count). The van der Waals surface area contributed by atoms with Gasteiger partial charge in [0.05, 0.1) is 12.7 Å². The molecule has 0 aromatic rings. The third kappa shape index (κ3) is 3.42. The van der Waals surface area contributed by atoms with Crippen LogP contribution in [-0.4, -0.2) is 36.9 Å². The maximum atomic E-state index is 11.9. The summed E-state index contributed by atoms with van der Waals surface area (Å²) in [7, 11) is 0. The summed E-state index contributed by atoms with van der Waals surface area (Å²) >= 11 is 0. The van der Waals surface area contributed by atoms with Crippen molar-refractivity contribution >= 4 is 11.9 Å². The van der Waals surface area contributed by atoms with Crippen molar-refractivity contribution < 1.29 is 23.8 Å². The molecule has 0 aromatic carbocycles. The highest BCUT2D eigenvalue weighted by Gasteiger charge is 2.67. The molecule has 0 radical (unpaired) electrons. The summed E-state index contributed by atoms with van der Waals surface area (Å²) in [6.45, 7) is 3.22. The zero-order valence-corrected chi connectivity index (χ0v) is 14.5. The SMILES string of the molecule is CCCCCCCCCCOC[C@@]12C=C[C@@H](O1)C1C(=O)OC(=O)C12. The first-order valence-electron chi connectivity index (χ1n) is 9.38. The van der Waals surface area contributed by atoms with Crippen molar-refractivity contribution in [2.24, 2.45) is 11.8 Å². The van der Waals surface area contributed by atoms with Gasteiger partial charge in [-0.15, -0.1) is 0 Å². The summed E-state index contributed by atoms with van der Waals surface area (Å²) in [4.78, 5) is 23.7. The van der Waals surface area contributed by atoms with E-state index in [1.54, 1.807) is 0 Å². The molecule has 0 aromatic heterocycles. The second-order valence-electron chi connectivity index (χ2n) is 7.17. The molecule has 134 valence electrons. The van der Waals surface area contributed by atoms with E-state index in [1.165, 1.54) is 44.9 Å². The zero-order chi connectivity index (χ0) is 17.0. The van der Waals surface area contributed by atoms with Crippen molar-refractivity contribution in [1.29, 1.82) is 0 Å². The fraction of sp³-hybridized carbons (Fsp3) is 0.789. The molecule has 3 aliphatic heterocycles. The second kappa shape index (κ2) is 7.79.